The number of hydrogen-bond acceptors (Lipinski definition) is 3. The topological polar surface area (TPSA) is 50.4 Å². The van der Waals surface area contributed by atoms with E-state index in [1.807, 2.05) is 30.5 Å². The SMILES string of the molecule is CCCCC(CC)COCCCNC(=O)Nc1ccc(SC)cc1. The van der Waals surface area contributed by atoms with Crippen molar-refractivity contribution in [3.8, 4) is 0 Å². The number of carbonyl (C=O) groups excluding carboxylic acids is 1. The van der Waals surface area contributed by atoms with Gasteiger partial charge in [0.05, 0.1) is 0 Å². The van der Waals surface area contributed by atoms with Crippen molar-refractivity contribution in [2.24, 2.45) is 5.92 Å². The van der Waals surface area contributed by atoms with Crippen LogP contribution in [-0.4, -0.2) is 32.0 Å². The molecule has 5 heteroatoms. The summed E-state index contributed by atoms with van der Waals surface area (Å²) in [7, 11) is 0. The van der Waals surface area contributed by atoms with Gasteiger partial charge in [-0.2, -0.15) is 0 Å². The van der Waals surface area contributed by atoms with Gasteiger partial charge in [-0.15, -0.1) is 11.8 Å². The summed E-state index contributed by atoms with van der Waals surface area (Å²) in [5, 5.41) is 5.70. The molecule has 1 unspecified atom stereocenters. The number of urea groups is 1. The number of amides is 2. The number of benzene rings is 1. The van der Waals surface area contributed by atoms with Gasteiger partial charge in [0.2, 0.25) is 0 Å². The molecule has 1 rings (SSSR count). The van der Waals surface area contributed by atoms with Gasteiger partial charge < -0.3 is 15.4 Å². The van der Waals surface area contributed by atoms with Crippen LogP contribution in [0, 0.1) is 5.92 Å². The molecule has 0 spiro atoms. The Balaban J connectivity index is 2.08. The molecule has 0 aromatic heterocycles. The zero-order valence-corrected chi connectivity index (χ0v) is 16.1. The minimum atomic E-state index is -0.165. The molecule has 24 heavy (non-hydrogen) atoms. The maximum absolute atomic E-state index is 11.8. The molecule has 2 N–H and O–H groups in total. The lowest BCUT2D eigenvalue weighted by atomic mass is 10.0. The van der Waals surface area contributed by atoms with Crippen LogP contribution in [0.3, 0.4) is 0 Å². The Bertz CT molecular complexity index is 451. The van der Waals surface area contributed by atoms with E-state index in [0.29, 0.717) is 19.1 Å². The Labute approximate surface area is 151 Å². The molecule has 4 nitrogen and oxygen atoms in total. The summed E-state index contributed by atoms with van der Waals surface area (Å²) < 4.78 is 5.74. The van der Waals surface area contributed by atoms with Crippen LogP contribution in [0.1, 0.15) is 46.0 Å². The van der Waals surface area contributed by atoms with Crippen LogP contribution in [0.2, 0.25) is 0 Å². The Kier molecular flexibility index (Phi) is 11.4. The summed E-state index contributed by atoms with van der Waals surface area (Å²) in [6.45, 7) is 6.61. The number of thioether (sulfide) groups is 1. The van der Waals surface area contributed by atoms with Crippen LogP contribution in [-0.2, 0) is 4.74 Å². The fourth-order valence-electron chi connectivity index (χ4n) is 2.37. The van der Waals surface area contributed by atoms with E-state index in [-0.39, 0.29) is 6.03 Å². The first-order valence-electron chi connectivity index (χ1n) is 8.96. The predicted molar refractivity (Wildman–Crippen MR) is 104 cm³/mol. The lowest BCUT2D eigenvalue weighted by Crippen LogP contribution is -2.30. The van der Waals surface area contributed by atoms with E-state index in [0.717, 1.165) is 18.7 Å². The zero-order valence-electron chi connectivity index (χ0n) is 15.3. The van der Waals surface area contributed by atoms with E-state index < -0.39 is 0 Å². The van der Waals surface area contributed by atoms with Gasteiger partial charge in [-0.25, -0.2) is 4.79 Å². The van der Waals surface area contributed by atoms with Gasteiger partial charge in [-0.05, 0) is 49.3 Å². The van der Waals surface area contributed by atoms with Gasteiger partial charge in [-0.3, -0.25) is 0 Å². The van der Waals surface area contributed by atoms with Crippen LogP contribution in [0.25, 0.3) is 0 Å². The van der Waals surface area contributed by atoms with E-state index >= 15 is 0 Å². The van der Waals surface area contributed by atoms with Crippen molar-refractivity contribution >= 4 is 23.5 Å². The summed E-state index contributed by atoms with van der Waals surface area (Å²) >= 11 is 1.68. The molecule has 1 aromatic rings. The average molecular weight is 353 g/mol. The lowest BCUT2D eigenvalue weighted by molar-refractivity contribution is 0.0925. The van der Waals surface area contributed by atoms with E-state index in [4.69, 9.17) is 4.74 Å². The molecule has 136 valence electrons. The Hall–Kier alpha value is -1.20. The van der Waals surface area contributed by atoms with Gasteiger partial charge in [-0.1, -0.05) is 33.1 Å². The van der Waals surface area contributed by atoms with Gasteiger partial charge >= 0.3 is 6.03 Å². The molecule has 0 aliphatic carbocycles. The Morgan fingerprint density at radius 1 is 1.21 bits per heavy atom. The average Bonchev–Trinajstić information content (AvgIpc) is 2.61. The van der Waals surface area contributed by atoms with E-state index in [2.05, 4.69) is 24.5 Å². The molecule has 0 bridgehead atoms. The fraction of sp³-hybridized carbons (Fsp3) is 0.632. The Morgan fingerprint density at radius 2 is 1.96 bits per heavy atom. The number of carbonyl (C=O) groups is 1. The third kappa shape index (κ3) is 9.18. The van der Waals surface area contributed by atoms with Crippen molar-refractivity contribution in [2.45, 2.75) is 50.8 Å². The van der Waals surface area contributed by atoms with E-state index in [9.17, 15) is 4.79 Å². The van der Waals surface area contributed by atoms with Crippen molar-refractivity contribution < 1.29 is 9.53 Å². The number of rotatable bonds is 12. The monoisotopic (exact) mass is 352 g/mol. The van der Waals surface area contributed by atoms with E-state index in [1.54, 1.807) is 11.8 Å². The molecule has 1 atom stereocenters. The standard InChI is InChI=1S/C19H32N2O2S/c1-4-6-8-16(5-2)15-23-14-7-13-20-19(22)21-17-9-11-18(24-3)12-10-17/h9-12,16H,4-8,13-15H2,1-3H3,(H2,20,21,22). The second kappa shape index (κ2) is 13.1. The third-order valence-corrected chi connectivity index (χ3v) is 4.74. The van der Waals surface area contributed by atoms with Crippen LogP contribution in [0.15, 0.2) is 29.2 Å². The molecule has 2 amide bonds. The highest BCUT2D eigenvalue weighted by atomic mass is 32.2. The van der Waals surface area contributed by atoms with Crippen molar-refractivity contribution in [2.75, 3.05) is 31.3 Å². The van der Waals surface area contributed by atoms with Crippen LogP contribution in [0.4, 0.5) is 10.5 Å². The lowest BCUT2D eigenvalue weighted by Gasteiger charge is -2.14. The first-order chi connectivity index (χ1) is 11.7. The molecule has 0 aliphatic rings. The second-order valence-electron chi connectivity index (χ2n) is 5.95. The Morgan fingerprint density at radius 3 is 2.58 bits per heavy atom. The van der Waals surface area contributed by atoms with Crippen molar-refractivity contribution in [1.82, 2.24) is 5.32 Å². The number of anilines is 1. The number of hydrogen-bond donors (Lipinski definition) is 2. The van der Waals surface area contributed by atoms with Gasteiger partial charge in [0, 0.05) is 30.3 Å². The third-order valence-electron chi connectivity index (χ3n) is 4.00. The summed E-state index contributed by atoms with van der Waals surface area (Å²) in [5.41, 5.74) is 0.809. The molecule has 0 fully saturated rings. The predicted octanol–water partition coefficient (Wildman–Crippen LogP) is 5.15. The molecule has 0 heterocycles. The summed E-state index contributed by atoms with van der Waals surface area (Å²) in [4.78, 5) is 13.0. The first-order valence-corrected chi connectivity index (χ1v) is 10.2. The van der Waals surface area contributed by atoms with Gasteiger partial charge in [0.25, 0.3) is 0 Å². The molecule has 0 saturated carbocycles. The molecular weight excluding hydrogens is 320 g/mol. The number of nitrogens with one attached hydrogen (secondary N) is 2. The number of unbranched alkanes of at least 4 members (excludes halogenated alkanes) is 1. The van der Waals surface area contributed by atoms with Crippen LogP contribution in [0.5, 0.6) is 0 Å². The van der Waals surface area contributed by atoms with Crippen molar-refractivity contribution in [1.29, 1.82) is 0 Å². The first kappa shape index (κ1) is 20.8. The molecule has 1 aromatic carbocycles. The van der Waals surface area contributed by atoms with Crippen LogP contribution >= 0.6 is 11.8 Å². The minimum Gasteiger partial charge on any atom is -0.381 e. The molecule has 0 aliphatic heterocycles. The quantitative estimate of drug-likeness (QED) is 0.404. The highest BCUT2D eigenvalue weighted by Crippen LogP contribution is 2.17. The molecule has 0 radical (unpaired) electrons. The van der Waals surface area contributed by atoms with E-state index in [1.165, 1.54) is 30.6 Å². The van der Waals surface area contributed by atoms with Gasteiger partial charge in [0.1, 0.15) is 0 Å². The fourth-order valence-corrected chi connectivity index (χ4v) is 2.78. The molecule has 0 saturated heterocycles. The molecular formula is C19H32N2O2S. The maximum atomic E-state index is 11.8. The minimum absolute atomic E-state index is 0.165. The summed E-state index contributed by atoms with van der Waals surface area (Å²) in [6.07, 6.45) is 7.82. The van der Waals surface area contributed by atoms with Crippen LogP contribution < -0.4 is 10.6 Å². The van der Waals surface area contributed by atoms with Crippen molar-refractivity contribution in [3.63, 3.8) is 0 Å². The summed E-state index contributed by atoms with van der Waals surface area (Å²) in [6, 6.07) is 7.65. The zero-order chi connectivity index (χ0) is 17.6. The highest BCUT2D eigenvalue weighted by Gasteiger charge is 2.06. The normalized spacial score (nSPS) is 12.0. The second-order valence-corrected chi connectivity index (χ2v) is 6.83. The largest absolute Gasteiger partial charge is 0.381 e. The van der Waals surface area contributed by atoms with Crippen molar-refractivity contribution in [3.05, 3.63) is 24.3 Å². The smallest absolute Gasteiger partial charge is 0.319 e. The summed E-state index contributed by atoms with van der Waals surface area (Å²) in [5.74, 6) is 0.672. The highest BCUT2D eigenvalue weighted by molar-refractivity contribution is 7.98. The van der Waals surface area contributed by atoms with Gasteiger partial charge in [0.15, 0.2) is 0 Å². The number of ether oxygens (including phenoxy) is 1. The maximum Gasteiger partial charge on any atom is 0.319 e.